The van der Waals surface area contributed by atoms with Crippen LogP contribution in [-0.4, -0.2) is 17.6 Å². The van der Waals surface area contributed by atoms with Gasteiger partial charge in [-0.3, -0.25) is 4.79 Å². The zero-order chi connectivity index (χ0) is 14.5. The second-order valence-corrected chi connectivity index (χ2v) is 5.36. The van der Waals surface area contributed by atoms with E-state index in [0.29, 0.717) is 12.3 Å². The first-order valence-corrected chi connectivity index (χ1v) is 6.62. The first-order chi connectivity index (χ1) is 8.94. The van der Waals surface area contributed by atoms with Crippen molar-refractivity contribution in [1.82, 2.24) is 0 Å². The molecule has 1 unspecified atom stereocenters. The molecule has 0 fully saturated rings. The lowest BCUT2D eigenvalue weighted by atomic mass is 9.75. The summed E-state index contributed by atoms with van der Waals surface area (Å²) in [4.78, 5) is 11.6. The summed E-state index contributed by atoms with van der Waals surface area (Å²) in [5.74, 6) is -1.06. The number of aliphatic carboxylic acids is 1. The van der Waals surface area contributed by atoms with E-state index in [4.69, 9.17) is 5.73 Å². The van der Waals surface area contributed by atoms with Gasteiger partial charge in [0.2, 0.25) is 0 Å². The van der Waals surface area contributed by atoms with Crippen molar-refractivity contribution >= 4 is 5.97 Å². The van der Waals surface area contributed by atoms with Gasteiger partial charge < -0.3 is 10.8 Å². The molecule has 1 rings (SSSR count). The third-order valence-corrected chi connectivity index (χ3v) is 3.53. The van der Waals surface area contributed by atoms with Crippen LogP contribution in [0.3, 0.4) is 0 Å². The van der Waals surface area contributed by atoms with E-state index >= 15 is 0 Å². The monoisotopic (exact) mass is 267 g/mol. The van der Waals surface area contributed by atoms with Crippen molar-refractivity contribution in [3.05, 3.63) is 35.6 Å². The molecule has 0 spiro atoms. The number of carbonyl (C=O) groups is 1. The molecule has 0 radical (unpaired) electrons. The Morgan fingerprint density at radius 3 is 2.53 bits per heavy atom. The van der Waals surface area contributed by atoms with Gasteiger partial charge in [0.05, 0.1) is 0 Å². The highest BCUT2D eigenvalue weighted by Crippen LogP contribution is 2.32. The SMILES string of the molecule is CC(C)CCCC(CN)(C(=O)O)c1ccccc1F. The summed E-state index contributed by atoms with van der Waals surface area (Å²) >= 11 is 0. The second kappa shape index (κ2) is 6.66. The van der Waals surface area contributed by atoms with Crippen molar-refractivity contribution in [1.29, 1.82) is 0 Å². The van der Waals surface area contributed by atoms with Gasteiger partial charge in [-0.25, -0.2) is 4.39 Å². The molecule has 1 aromatic carbocycles. The first kappa shape index (κ1) is 15.6. The molecular weight excluding hydrogens is 245 g/mol. The van der Waals surface area contributed by atoms with Gasteiger partial charge in [-0.2, -0.15) is 0 Å². The number of rotatable bonds is 7. The molecule has 19 heavy (non-hydrogen) atoms. The number of carboxylic acids is 1. The molecule has 3 N–H and O–H groups in total. The minimum Gasteiger partial charge on any atom is -0.481 e. The van der Waals surface area contributed by atoms with Crippen LogP contribution in [0.5, 0.6) is 0 Å². The van der Waals surface area contributed by atoms with Gasteiger partial charge in [-0.15, -0.1) is 0 Å². The quantitative estimate of drug-likeness (QED) is 0.798. The Balaban J connectivity index is 3.06. The standard InChI is InChI=1S/C15H22FNO2/c1-11(2)6-5-9-15(10-17,14(18)19)12-7-3-4-8-13(12)16/h3-4,7-8,11H,5-6,9-10,17H2,1-2H3,(H,18,19). The highest BCUT2D eigenvalue weighted by molar-refractivity contribution is 5.81. The maximum absolute atomic E-state index is 13.9. The lowest BCUT2D eigenvalue weighted by molar-refractivity contribution is -0.144. The van der Waals surface area contributed by atoms with E-state index in [1.807, 2.05) is 0 Å². The van der Waals surface area contributed by atoms with Gasteiger partial charge in [0.15, 0.2) is 0 Å². The number of carboxylic acid groups (broad SMARTS) is 1. The molecule has 0 aliphatic rings. The van der Waals surface area contributed by atoms with Crippen molar-refractivity contribution < 1.29 is 14.3 Å². The molecular formula is C15H22FNO2. The number of nitrogens with two attached hydrogens (primary N) is 1. The molecule has 0 aliphatic carbocycles. The Morgan fingerprint density at radius 1 is 1.42 bits per heavy atom. The van der Waals surface area contributed by atoms with Crippen LogP contribution >= 0.6 is 0 Å². The van der Waals surface area contributed by atoms with E-state index in [0.717, 1.165) is 12.8 Å². The van der Waals surface area contributed by atoms with Crippen LogP contribution < -0.4 is 5.73 Å². The van der Waals surface area contributed by atoms with Crippen molar-refractivity contribution in [3.63, 3.8) is 0 Å². The molecule has 0 aromatic heterocycles. The second-order valence-electron chi connectivity index (χ2n) is 5.36. The number of benzene rings is 1. The molecule has 0 aliphatic heterocycles. The van der Waals surface area contributed by atoms with Gasteiger partial charge >= 0.3 is 5.97 Å². The molecule has 1 aromatic rings. The zero-order valence-corrected chi connectivity index (χ0v) is 11.5. The highest BCUT2D eigenvalue weighted by atomic mass is 19.1. The van der Waals surface area contributed by atoms with Crippen molar-refractivity contribution in [3.8, 4) is 0 Å². The average Bonchev–Trinajstić information content (AvgIpc) is 2.35. The third kappa shape index (κ3) is 3.53. The minimum absolute atomic E-state index is 0.0959. The minimum atomic E-state index is -1.32. The smallest absolute Gasteiger partial charge is 0.315 e. The molecule has 106 valence electrons. The summed E-state index contributed by atoms with van der Waals surface area (Å²) in [5, 5.41) is 9.52. The van der Waals surface area contributed by atoms with E-state index in [1.165, 1.54) is 12.1 Å². The van der Waals surface area contributed by atoms with Crippen molar-refractivity contribution in [2.45, 2.75) is 38.5 Å². The van der Waals surface area contributed by atoms with Crippen LogP contribution in [0.1, 0.15) is 38.7 Å². The summed E-state index contributed by atoms with van der Waals surface area (Å²) in [7, 11) is 0. The number of hydrogen-bond acceptors (Lipinski definition) is 2. The Hall–Kier alpha value is -1.42. The number of halogens is 1. The fraction of sp³-hybridized carbons (Fsp3) is 0.533. The van der Waals surface area contributed by atoms with Crippen molar-refractivity contribution in [2.75, 3.05) is 6.54 Å². The molecule has 0 amide bonds. The highest BCUT2D eigenvalue weighted by Gasteiger charge is 2.40. The van der Waals surface area contributed by atoms with Gasteiger partial charge in [-0.1, -0.05) is 44.9 Å². The Bertz CT molecular complexity index is 434. The third-order valence-electron chi connectivity index (χ3n) is 3.53. The first-order valence-electron chi connectivity index (χ1n) is 6.62. The summed E-state index contributed by atoms with van der Waals surface area (Å²) in [6.07, 6.45) is 1.98. The molecule has 0 heterocycles. The van der Waals surface area contributed by atoms with Crippen LogP contribution in [0, 0.1) is 11.7 Å². The predicted octanol–water partition coefficient (Wildman–Crippen LogP) is 2.93. The summed E-state index contributed by atoms with van der Waals surface area (Å²) in [6, 6.07) is 6.00. The van der Waals surface area contributed by atoms with Gasteiger partial charge in [0, 0.05) is 12.1 Å². The fourth-order valence-corrected chi connectivity index (χ4v) is 2.32. The molecule has 4 heteroatoms. The van der Waals surface area contributed by atoms with Crippen LogP contribution in [-0.2, 0) is 10.2 Å². The van der Waals surface area contributed by atoms with Crippen molar-refractivity contribution in [2.24, 2.45) is 11.7 Å². The van der Waals surface area contributed by atoms with Crippen LogP contribution in [0.25, 0.3) is 0 Å². The molecule has 0 saturated carbocycles. The van der Waals surface area contributed by atoms with E-state index in [-0.39, 0.29) is 12.1 Å². The van der Waals surface area contributed by atoms with Crippen LogP contribution in [0.4, 0.5) is 4.39 Å². The Labute approximate surface area is 113 Å². The average molecular weight is 267 g/mol. The molecule has 3 nitrogen and oxygen atoms in total. The summed E-state index contributed by atoms with van der Waals surface area (Å²) < 4.78 is 13.9. The topological polar surface area (TPSA) is 63.3 Å². The molecule has 1 atom stereocenters. The Kier molecular flexibility index (Phi) is 5.48. The normalized spacial score (nSPS) is 14.4. The maximum atomic E-state index is 13.9. The molecule has 0 bridgehead atoms. The summed E-state index contributed by atoms with van der Waals surface area (Å²) in [6.45, 7) is 4.06. The van der Waals surface area contributed by atoms with Gasteiger partial charge in [0.1, 0.15) is 11.2 Å². The lowest BCUT2D eigenvalue weighted by Gasteiger charge is -2.29. The number of hydrogen-bond donors (Lipinski definition) is 2. The van der Waals surface area contributed by atoms with E-state index in [1.54, 1.807) is 12.1 Å². The maximum Gasteiger partial charge on any atom is 0.315 e. The van der Waals surface area contributed by atoms with E-state index in [9.17, 15) is 14.3 Å². The lowest BCUT2D eigenvalue weighted by Crippen LogP contribution is -2.43. The largest absolute Gasteiger partial charge is 0.481 e. The van der Waals surface area contributed by atoms with E-state index < -0.39 is 17.2 Å². The summed E-state index contributed by atoms with van der Waals surface area (Å²) in [5.41, 5.74) is 4.55. The molecule has 0 saturated heterocycles. The van der Waals surface area contributed by atoms with Gasteiger partial charge in [-0.05, 0) is 18.4 Å². The van der Waals surface area contributed by atoms with E-state index in [2.05, 4.69) is 13.8 Å². The zero-order valence-electron chi connectivity index (χ0n) is 11.5. The van der Waals surface area contributed by atoms with Crippen LogP contribution in [0.2, 0.25) is 0 Å². The predicted molar refractivity (Wildman–Crippen MR) is 73.5 cm³/mol. The Morgan fingerprint density at radius 2 is 2.05 bits per heavy atom. The van der Waals surface area contributed by atoms with Crippen LogP contribution in [0.15, 0.2) is 24.3 Å². The fourth-order valence-electron chi connectivity index (χ4n) is 2.32. The van der Waals surface area contributed by atoms with Gasteiger partial charge in [0.25, 0.3) is 0 Å².